The average molecular weight is 159 g/mol. The Hall–Kier alpha value is -0.540. The molecule has 0 rings (SSSR count). The van der Waals surface area contributed by atoms with Crippen LogP contribution < -0.4 is 5.32 Å². The first-order valence-corrected chi connectivity index (χ1v) is 3.79. The van der Waals surface area contributed by atoms with Crippen molar-refractivity contribution in [1.29, 1.82) is 0 Å². The summed E-state index contributed by atoms with van der Waals surface area (Å²) in [5.41, 5.74) is 0.887. The van der Waals surface area contributed by atoms with Gasteiger partial charge in [-0.2, -0.15) is 0 Å². The maximum absolute atomic E-state index is 8.93. The van der Waals surface area contributed by atoms with Gasteiger partial charge in [0, 0.05) is 12.2 Å². The van der Waals surface area contributed by atoms with Crippen molar-refractivity contribution in [2.45, 2.75) is 20.0 Å². The van der Waals surface area contributed by atoms with Gasteiger partial charge in [0.25, 0.3) is 0 Å². The lowest BCUT2D eigenvalue weighted by atomic mass is 10.1. The monoisotopic (exact) mass is 159 g/mol. The number of rotatable bonds is 5. The highest BCUT2D eigenvalue weighted by atomic mass is 16.3. The van der Waals surface area contributed by atoms with Crippen molar-refractivity contribution >= 4 is 0 Å². The van der Waals surface area contributed by atoms with E-state index >= 15 is 0 Å². The second-order valence-corrected chi connectivity index (χ2v) is 2.90. The van der Waals surface area contributed by atoms with E-state index in [1.54, 1.807) is 0 Å². The summed E-state index contributed by atoms with van der Waals surface area (Å²) in [6.07, 6.45) is -0.689. The zero-order valence-corrected chi connectivity index (χ0v) is 7.17. The molecule has 0 amide bonds. The molecule has 0 fully saturated rings. The van der Waals surface area contributed by atoms with Crippen LogP contribution in [0.1, 0.15) is 13.8 Å². The second kappa shape index (κ2) is 5.16. The number of aliphatic hydroxyl groups excluding tert-OH is 2. The van der Waals surface area contributed by atoms with E-state index in [0.29, 0.717) is 12.5 Å². The molecule has 3 heteroatoms. The van der Waals surface area contributed by atoms with Gasteiger partial charge in [-0.05, 0) is 5.92 Å². The smallest absolute Gasteiger partial charge is 0.0942 e. The highest BCUT2D eigenvalue weighted by molar-refractivity contribution is 4.94. The van der Waals surface area contributed by atoms with E-state index < -0.39 is 6.10 Å². The van der Waals surface area contributed by atoms with Crippen LogP contribution in [0.15, 0.2) is 12.3 Å². The average Bonchev–Trinajstić information content (AvgIpc) is 1.99. The van der Waals surface area contributed by atoms with Crippen LogP contribution in [-0.4, -0.2) is 29.5 Å². The van der Waals surface area contributed by atoms with Crippen molar-refractivity contribution in [3.05, 3.63) is 12.3 Å². The fourth-order valence-electron chi connectivity index (χ4n) is 0.518. The molecule has 0 radical (unpaired) electrons. The van der Waals surface area contributed by atoms with E-state index in [0.717, 1.165) is 5.70 Å². The Morgan fingerprint density at radius 2 is 2.09 bits per heavy atom. The van der Waals surface area contributed by atoms with Gasteiger partial charge in [-0.1, -0.05) is 20.4 Å². The molecule has 1 atom stereocenters. The third kappa shape index (κ3) is 4.81. The largest absolute Gasteiger partial charge is 0.394 e. The molecule has 3 nitrogen and oxygen atoms in total. The van der Waals surface area contributed by atoms with Gasteiger partial charge >= 0.3 is 0 Å². The molecule has 1 unspecified atom stereocenters. The molecule has 0 spiro atoms. The number of hydrogen-bond donors (Lipinski definition) is 3. The highest BCUT2D eigenvalue weighted by Crippen LogP contribution is 2.01. The summed E-state index contributed by atoms with van der Waals surface area (Å²) in [6.45, 7) is 7.94. The van der Waals surface area contributed by atoms with Crippen molar-refractivity contribution < 1.29 is 10.2 Å². The molecular weight excluding hydrogens is 142 g/mol. The van der Waals surface area contributed by atoms with Gasteiger partial charge < -0.3 is 15.5 Å². The molecule has 66 valence electrons. The molecule has 0 saturated heterocycles. The van der Waals surface area contributed by atoms with E-state index in [-0.39, 0.29) is 6.61 Å². The Morgan fingerprint density at radius 3 is 2.45 bits per heavy atom. The second-order valence-electron chi connectivity index (χ2n) is 2.90. The Kier molecular flexibility index (Phi) is 4.90. The fraction of sp³-hybridized carbons (Fsp3) is 0.750. The predicted octanol–water partition coefficient (Wildman–Crippen LogP) is 0.0989. The topological polar surface area (TPSA) is 52.5 Å². The summed E-state index contributed by atoms with van der Waals surface area (Å²) in [6, 6.07) is 0. The molecule has 0 saturated carbocycles. The molecule has 0 aromatic carbocycles. The van der Waals surface area contributed by atoms with Crippen LogP contribution in [0.3, 0.4) is 0 Å². The van der Waals surface area contributed by atoms with Crippen LogP contribution in [0.25, 0.3) is 0 Å². The van der Waals surface area contributed by atoms with E-state index in [2.05, 4.69) is 11.9 Å². The van der Waals surface area contributed by atoms with Gasteiger partial charge in [-0.15, -0.1) is 0 Å². The quantitative estimate of drug-likeness (QED) is 0.533. The lowest BCUT2D eigenvalue weighted by Gasteiger charge is -2.14. The van der Waals surface area contributed by atoms with E-state index in [9.17, 15) is 0 Å². The minimum Gasteiger partial charge on any atom is -0.394 e. The van der Waals surface area contributed by atoms with Gasteiger partial charge in [-0.25, -0.2) is 0 Å². The predicted molar refractivity (Wildman–Crippen MR) is 45.1 cm³/mol. The summed E-state index contributed by atoms with van der Waals surface area (Å²) in [5.74, 6) is 0.362. The van der Waals surface area contributed by atoms with E-state index in [4.69, 9.17) is 10.2 Å². The standard InChI is InChI=1S/C8H17NO2/c1-6(2)7(3)9-4-8(11)5-10/h6,8-11H,3-5H2,1-2H3. The van der Waals surface area contributed by atoms with Crippen LogP contribution in [0.2, 0.25) is 0 Å². The van der Waals surface area contributed by atoms with Crippen molar-refractivity contribution in [3.8, 4) is 0 Å². The van der Waals surface area contributed by atoms with Crippen LogP contribution in [0.5, 0.6) is 0 Å². The maximum Gasteiger partial charge on any atom is 0.0942 e. The molecule has 11 heavy (non-hydrogen) atoms. The van der Waals surface area contributed by atoms with Gasteiger partial charge in [0.05, 0.1) is 12.7 Å². The Bertz CT molecular complexity index is 123. The minimum atomic E-state index is -0.689. The molecule has 0 aliphatic rings. The third-order valence-electron chi connectivity index (χ3n) is 1.47. The molecule has 0 heterocycles. The lowest BCUT2D eigenvalue weighted by Crippen LogP contribution is -2.29. The third-order valence-corrected chi connectivity index (χ3v) is 1.47. The maximum atomic E-state index is 8.93. The molecule has 3 N–H and O–H groups in total. The Balaban J connectivity index is 3.46. The SMILES string of the molecule is C=C(NCC(O)CO)C(C)C. The summed E-state index contributed by atoms with van der Waals surface area (Å²) in [4.78, 5) is 0. The minimum absolute atomic E-state index is 0.210. The van der Waals surface area contributed by atoms with Gasteiger partial charge in [0.15, 0.2) is 0 Å². The number of allylic oxidation sites excluding steroid dienone is 1. The zero-order chi connectivity index (χ0) is 8.85. The number of aliphatic hydroxyl groups is 2. The van der Waals surface area contributed by atoms with E-state index in [1.807, 2.05) is 13.8 Å². The van der Waals surface area contributed by atoms with Crippen LogP contribution in [0.4, 0.5) is 0 Å². The zero-order valence-electron chi connectivity index (χ0n) is 7.17. The van der Waals surface area contributed by atoms with Crippen LogP contribution in [0, 0.1) is 5.92 Å². The normalized spacial score (nSPS) is 13.2. The first-order valence-electron chi connectivity index (χ1n) is 3.79. The van der Waals surface area contributed by atoms with Crippen LogP contribution >= 0.6 is 0 Å². The number of nitrogens with one attached hydrogen (secondary N) is 1. The van der Waals surface area contributed by atoms with E-state index in [1.165, 1.54) is 0 Å². The first-order chi connectivity index (χ1) is 5.07. The molecular formula is C8H17NO2. The first kappa shape index (κ1) is 10.5. The van der Waals surface area contributed by atoms with Crippen LogP contribution in [-0.2, 0) is 0 Å². The van der Waals surface area contributed by atoms with Crippen molar-refractivity contribution in [3.63, 3.8) is 0 Å². The summed E-state index contributed by atoms with van der Waals surface area (Å²) in [7, 11) is 0. The van der Waals surface area contributed by atoms with Gasteiger partial charge in [0.2, 0.25) is 0 Å². The molecule has 0 aromatic heterocycles. The highest BCUT2D eigenvalue weighted by Gasteiger charge is 2.03. The summed E-state index contributed by atoms with van der Waals surface area (Å²) in [5, 5.41) is 20.3. The summed E-state index contributed by atoms with van der Waals surface area (Å²) >= 11 is 0. The summed E-state index contributed by atoms with van der Waals surface area (Å²) < 4.78 is 0. The lowest BCUT2D eigenvalue weighted by molar-refractivity contribution is 0.0960. The van der Waals surface area contributed by atoms with Crippen molar-refractivity contribution in [1.82, 2.24) is 5.32 Å². The van der Waals surface area contributed by atoms with Gasteiger partial charge in [-0.3, -0.25) is 0 Å². The van der Waals surface area contributed by atoms with Crippen molar-refractivity contribution in [2.24, 2.45) is 5.92 Å². The molecule has 0 bridgehead atoms. The Labute approximate surface area is 67.7 Å². The fourth-order valence-corrected chi connectivity index (χ4v) is 0.518. The molecule has 0 aliphatic heterocycles. The van der Waals surface area contributed by atoms with Crippen molar-refractivity contribution in [2.75, 3.05) is 13.2 Å². The molecule has 0 aliphatic carbocycles. The number of hydrogen-bond acceptors (Lipinski definition) is 3. The molecule has 0 aromatic rings. The Morgan fingerprint density at radius 1 is 1.55 bits per heavy atom. The van der Waals surface area contributed by atoms with Gasteiger partial charge in [0.1, 0.15) is 0 Å².